The van der Waals surface area contributed by atoms with E-state index in [4.69, 9.17) is 5.10 Å². The summed E-state index contributed by atoms with van der Waals surface area (Å²) in [5.41, 5.74) is 5.99. The van der Waals surface area contributed by atoms with Crippen molar-refractivity contribution in [1.82, 2.24) is 24.1 Å². The van der Waals surface area contributed by atoms with Gasteiger partial charge in [0.25, 0.3) is 5.56 Å². The van der Waals surface area contributed by atoms with E-state index in [0.717, 1.165) is 40.1 Å². The molecule has 7 nitrogen and oxygen atoms in total. The van der Waals surface area contributed by atoms with E-state index < -0.39 is 0 Å². The van der Waals surface area contributed by atoms with Crippen LogP contribution < -0.4 is 10.9 Å². The van der Waals surface area contributed by atoms with Gasteiger partial charge in [-0.2, -0.15) is 14.9 Å². The van der Waals surface area contributed by atoms with Crippen LogP contribution in [0.25, 0.3) is 33.5 Å². The molecule has 1 N–H and O–H groups in total. The van der Waals surface area contributed by atoms with Crippen LogP contribution in [0.4, 0.5) is 5.69 Å². The average molecular weight is 461 g/mol. The van der Waals surface area contributed by atoms with E-state index in [9.17, 15) is 4.79 Å². The molecule has 0 atom stereocenters. The minimum Gasteiger partial charge on any atom is -0.384 e. The van der Waals surface area contributed by atoms with Crippen LogP contribution in [0, 0.1) is 0 Å². The van der Waals surface area contributed by atoms with Gasteiger partial charge in [0.2, 0.25) is 0 Å². The van der Waals surface area contributed by atoms with E-state index in [2.05, 4.69) is 45.3 Å². The van der Waals surface area contributed by atoms with Gasteiger partial charge < -0.3 is 9.88 Å². The van der Waals surface area contributed by atoms with Crippen LogP contribution in [-0.2, 0) is 6.54 Å². The molecule has 3 heterocycles. The van der Waals surface area contributed by atoms with Gasteiger partial charge in [0.1, 0.15) is 5.69 Å². The van der Waals surface area contributed by atoms with Crippen molar-refractivity contribution >= 4 is 16.6 Å². The van der Waals surface area contributed by atoms with Crippen molar-refractivity contribution in [1.29, 1.82) is 0 Å². The minimum absolute atomic E-state index is 0.126. The van der Waals surface area contributed by atoms with Gasteiger partial charge in [0.05, 0.1) is 28.1 Å². The molecule has 4 aromatic rings. The Balaban J connectivity index is 1.47. The smallest absolute Gasteiger partial charge is 0.282 e. The largest absolute Gasteiger partial charge is 0.384 e. The van der Waals surface area contributed by atoms with Crippen LogP contribution in [0.2, 0.25) is 0 Å². The number of pyridine rings is 1. The number of aromatic nitrogens is 5. The monoisotopic (exact) mass is 460 g/mol. The second-order valence-corrected chi connectivity index (χ2v) is 8.42. The molecule has 172 valence electrons. The van der Waals surface area contributed by atoms with Crippen LogP contribution in [0.3, 0.4) is 0 Å². The number of fused-ring (bicyclic) bond motifs is 3. The summed E-state index contributed by atoms with van der Waals surface area (Å²) < 4.78 is 5.48. The number of nitrogens with zero attached hydrogens (tertiary/aromatic N) is 5. The van der Waals surface area contributed by atoms with E-state index in [1.54, 1.807) is 6.20 Å². The van der Waals surface area contributed by atoms with Gasteiger partial charge in [-0.25, -0.2) is 4.68 Å². The Morgan fingerprint density at radius 2 is 1.71 bits per heavy atom. The Hall–Kier alpha value is -4.65. The Morgan fingerprint density at radius 1 is 0.914 bits per heavy atom. The zero-order chi connectivity index (χ0) is 23.8. The number of nitrogens with one attached hydrogen (secondary N) is 1. The van der Waals surface area contributed by atoms with Gasteiger partial charge >= 0.3 is 0 Å². The lowest BCUT2D eigenvalue weighted by Crippen LogP contribution is -2.17. The molecule has 0 aliphatic carbocycles. The maximum Gasteiger partial charge on any atom is 0.282 e. The number of anilines is 1. The van der Waals surface area contributed by atoms with Crippen molar-refractivity contribution in [2.24, 2.45) is 0 Å². The summed E-state index contributed by atoms with van der Waals surface area (Å²) in [5, 5.41) is 13.4. The molecule has 0 fully saturated rings. The highest BCUT2D eigenvalue weighted by Gasteiger charge is 2.21. The fraction of sp³-hybridized carbons (Fsp3) is 0.107. The third-order valence-corrected chi connectivity index (χ3v) is 6.19. The molecule has 6 rings (SSSR count). The van der Waals surface area contributed by atoms with Crippen LogP contribution in [0.5, 0.6) is 0 Å². The summed E-state index contributed by atoms with van der Waals surface area (Å²) in [6.45, 7) is 3.43. The highest BCUT2D eigenvalue weighted by molar-refractivity contribution is 5.93. The molecule has 2 aliphatic heterocycles. The molecular weight excluding hydrogens is 436 g/mol. The Morgan fingerprint density at radius 3 is 2.51 bits per heavy atom. The molecule has 2 aliphatic rings. The topological polar surface area (TPSA) is 69.7 Å². The SMILES string of the molecule is CCNc1ccccc1-n1nc2c3ccccc3n(Cc3ccc(-n4cccn4)cc3)cc-2c1=O. The highest BCUT2D eigenvalue weighted by Crippen LogP contribution is 2.29. The van der Waals surface area contributed by atoms with Crippen LogP contribution in [0.1, 0.15) is 12.5 Å². The lowest BCUT2D eigenvalue weighted by molar-refractivity contribution is 0.824. The molecule has 7 heteroatoms. The standard InChI is InChI=1S/C28H24N6O/c1-2-29-24-9-4-6-11-26(24)34-28(35)23-19-32(25-10-5-3-8-22(25)27(23)31-34)18-20-12-14-21(15-13-20)33-17-7-16-30-33/h3-17,19,29H,2,18H2,1H3. The second kappa shape index (κ2) is 8.61. The first-order valence-electron chi connectivity index (χ1n) is 11.7. The predicted molar refractivity (Wildman–Crippen MR) is 139 cm³/mol. The van der Waals surface area contributed by atoms with E-state index in [1.165, 1.54) is 4.68 Å². The van der Waals surface area contributed by atoms with E-state index >= 15 is 0 Å². The number of hydrogen-bond acceptors (Lipinski definition) is 4. The molecule has 3 aromatic carbocycles. The van der Waals surface area contributed by atoms with Crippen LogP contribution in [-0.4, -0.2) is 30.7 Å². The first kappa shape index (κ1) is 20.9. The van der Waals surface area contributed by atoms with Gasteiger partial charge in [-0.05, 0) is 48.9 Å². The van der Waals surface area contributed by atoms with Crippen molar-refractivity contribution in [2.45, 2.75) is 13.5 Å². The predicted octanol–water partition coefficient (Wildman–Crippen LogP) is 4.96. The molecule has 0 saturated carbocycles. The van der Waals surface area contributed by atoms with Crippen molar-refractivity contribution in [3.63, 3.8) is 0 Å². The lowest BCUT2D eigenvalue weighted by atomic mass is 10.1. The summed E-state index contributed by atoms with van der Waals surface area (Å²) in [6, 6.07) is 26.1. The maximum atomic E-state index is 13.6. The molecule has 0 saturated heterocycles. The molecule has 1 aromatic heterocycles. The first-order valence-corrected chi connectivity index (χ1v) is 11.7. The number of para-hydroxylation sites is 3. The summed E-state index contributed by atoms with van der Waals surface area (Å²) in [7, 11) is 0. The van der Waals surface area contributed by atoms with Gasteiger partial charge in [-0.15, -0.1) is 0 Å². The third kappa shape index (κ3) is 3.67. The van der Waals surface area contributed by atoms with Crippen molar-refractivity contribution < 1.29 is 0 Å². The number of hydrogen-bond donors (Lipinski definition) is 1. The van der Waals surface area contributed by atoms with E-state index in [0.29, 0.717) is 17.8 Å². The quantitative estimate of drug-likeness (QED) is 0.382. The normalized spacial score (nSPS) is 11.3. The second-order valence-electron chi connectivity index (χ2n) is 8.42. The lowest BCUT2D eigenvalue weighted by Gasteiger charge is -2.14. The van der Waals surface area contributed by atoms with E-state index in [1.807, 2.05) is 72.5 Å². The molecule has 0 radical (unpaired) electrons. The summed E-state index contributed by atoms with van der Waals surface area (Å²) >= 11 is 0. The number of benzene rings is 3. The van der Waals surface area contributed by atoms with E-state index in [-0.39, 0.29) is 5.56 Å². The molecule has 0 spiro atoms. The Labute approximate surface area is 202 Å². The fourth-order valence-corrected chi connectivity index (χ4v) is 4.54. The minimum atomic E-state index is -0.126. The molecule has 0 unspecified atom stereocenters. The fourth-order valence-electron chi connectivity index (χ4n) is 4.54. The molecular formula is C28H24N6O. The van der Waals surface area contributed by atoms with Crippen molar-refractivity contribution in [2.75, 3.05) is 11.9 Å². The Kier molecular flexibility index (Phi) is 5.15. The molecule has 0 bridgehead atoms. The first-order chi connectivity index (χ1) is 17.2. The van der Waals surface area contributed by atoms with Crippen molar-refractivity contribution in [3.05, 3.63) is 113 Å². The number of rotatable bonds is 6. The van der Waals surface area contributed by atoms with Gasteiger partial charge in [-0.3, -0.25) is 4.79 Å². The zero-order valence-electron chi connectivity index (χ0n) is 19.3. The van der Waals surface area contributed by atoms with Gasteiger partial charge in [-0.1, -0.05) is 42.5 Å². The third-order valence-electron chi connectivity index (χ3n) is 6.19. The maximum absolute atomic E-state index is 13.6. The van der Waals surface area contributed by atoms with Gasteiger partial charge in [0, 0.05) is 37.1 Å². The Bertz CT molecular complexity index is 1640. The van der Waals surface area contributed by atoms with Crippen LogP contribution >= 0.6 is 0 Å². The summed E-state index contributed by atoms with van der Waals surface area (Å²) in [4.78, 5) is 13.6. The van der Waals surface area contributed by atoms with Gasteiger partial charge in [0.15, 0.2) is 0 Å². The highest BCUT2D eigenvalue weighted by atomic mass is 16.1. The molecule has 0 amide bonds. The molecule has 35 heavy (non-hydrogen) atoms. The average Bonchev–Trinajstić information content (AvgIpc) is 3.54. The summed E-state index contributed by atoms with van der Waals surface area (Å²) in [6.07, 6.45) is 5.62. The van der Waals surface area contributed by atoms with Crippen LogP contribution in [0.15, 0.2) is 102 Å². The summed E-state index contributed by atoms with van der Waals surface area (Å²) in [5.74, 6) is 0. The van der Waals surface area contributed by atoms with Crippen molar-refractivity contribution in [3.8, 4) is 22.6 Å². The zero-order valence-corrected chi connectivity index (χ0v) is 19.3.